The average Bonchev–Trinajstić information content (AvgIpc) is 2.57. The Bertz CT molecular complexity index is 735. The number of methoxy groups -OCH3 is 1. The average molecular weight is 327 g/mol. The molecule has 0 radical (unpaired) electrons. The van der Waals surface area contributed by atoms with Gasteiger partial charge in [-0.05, 0) is 50.1 Å². The van der Waals surface area contributed by atoms with Crippen molar-refractivity contribution in [2.45, 2.75) is 26.9 Å². The van der Waals surface area contributed by atoms with Crippen molar-refractivity contribution in [3.8, 4) is 5.75 Å². The van der Waals surface area contributed by atoms with Crippen LogP contribution in [0.4, 0.5) is 5.69 Å². The molecule has 1 atom stereocenters. The summed E-state index contributed by atoms with van der Waals surface area (Å²) < 4.78 is 10.3. The van der Waals surface area contributed by atoms with Crippen LogP contribution in [-0.4, -0.2) is 25.1 Å². The third kappa shape index (κ3) is 4.13. The predicted molar refractivity (Wildman–Crippen MR) is 92.4 cm³/mol. The SMILES string of the molecule is COC(=O)c1cccc(O[C@@H](C)C(=O)Nc2c(C)cccc2C)c1. The van der Waals surface area contributed by atoms with E-state index in [0.29, 0.717) is 11.3 Å². The van der Waals surface area contributed by atoms with E-state index in [4.69, 9.17) is 4.74 Å². The first-order valence-corrected chi connectivity index (χ1v) is 7.64. The van der Waals surface area contributed by atoms with Crippen LogP contribution in [0.15, 0.2) is 42.5 Å². The molecule has 0 saturated carbocycles. The van der Waals surface area contributed by atoms with Crippen molar-refractivity contribution in [3.63, 3.8) is 0 Å². The van der Waals surface area contributed by atoms with Crippen LogP contribution in [-0.2, 0) is 9.53 Å². The number of hydrogen-bond acceptors (Lipinski definition) is 4. The van der Waals surface area contributed by atoms with Crippen molar-refractivity contribution in [2.24, 2.45) is 0 Å². The number of anilines is 1. The van der Waals surface area contributed by atoms with E-state index < -0.39 is 12.1 Å². The Labute approximate surface area is 141 Å². The highest BCUT2D eigenvalue weighted by atomic mass is 16.5. The van der Waals surface area contributed by atoms with E-state index in [1.807, 2.05) is 32.0 Å². The van der Waals surface area contributed by atoms with Gasteiger partial charge < -0.3 is 14.8 Å². The lowest BCUT2D eigenvalue weighted by molar-refractivity contribution is -0.122. The van der Waals surface area contributed by atoms with Crippen LogP contribution < -0.4 is 10.1 Å². The van der Waals surface area contributed by atoms with Gasteiger partial charge in [-0.25, -0.2) is 4.79 Å². The Kier molecular flexibility index (Phi) is 5.58. The topological polar surface area (TPSA) is 64.6 Å². The largest absolute Gasteiger partial charge is 0.481 e. The lowest BCUT2D eigenvalue weighted by Crippen LogP contribution is -2.30. The van der Waals surface area contributed by atoms with E-state index in [1.165, 1.54) is 7.11 Å². The van der Waals surface area contributed by atoms with Crippen molar-refractivity contribution in [2.75, 3.05) is 12.4 Å². The van der Waals surface area contributed by atoms with E-state index in [1.54, 1.807) is 31.2 Å². The molecule has 2 aromatic rings. The summed E-state index contributed by atoms with van der Waals surface area (Å²) in [6, 6.07) is 12.4. The molecular weight excluding hydrogens is 306 g/mol. The first-order chi connectivity index (χ1) is 11.4. The number of carbonyl (C=O) groups excluding carboxylic acids is 2. The highest BCUT2D eigenvalue weighted by Gasteiger charge is 2.17. The molecule has 0 spiro atoms. The van der Waals surface area contributed by atoms with Crippen LogP contribution in [0.5, 0.6) is 5.75 Å². The molecule has 0 saturated heterocycles. The fourth-order valence-corrected chi connectivity index (χ4v) is 2.31. The van der Waals surface area contributed by atoms with Gasteiger partial charge in [0.2, 0.25) is 0 Å². The Balaban J connectivity index is 2.08. The number of amides is 1. The summed E-state index contributed by atoms with van der Waals surface area (Å²) >= 11 is 0. The summed E-state index contributed by atoms with van der Waals surface area (Å²) in [5, 5.41) is 2.89. The maximum atomic E-state index is 12.4. The van der Waals surface area contributed by atoms with Gasteiger partial charge in [-0.2, -0.15) is 0 Å². The molecule has 126 valence electrons. The van der Waals surface area contributed by atoms with E-state index in [2.05, 4.69) is 10.1 Å². The zero-order chi connectivity index (χ0) is 17.7. The maximum absolute atomic E-state index is 12.4. The number of para-hydroxylation sites is 1. The zero-order valence-corrected chi connectivity index (χ0v) is 14.3. The minimum atomic E-state index is -0.711. The van der Waals surface area contributed by atoms with E-state index in [-0.39, 0.29) is 5.91 Å². The van der Waals surface area contributed by atoms with Crippen LogP contribution in [0.25, 0.3) is 0 Å². The number of rotatable bonds is 5. The van der Waals surface area contributed by atoms with Crippen LogP contribution in [0, 0.1) is 13.8 Å². The molecule has 0 heterocycles. The Morgan fingerprint density at radius 3 is 2.29 bits per heavy atom. The Morgan fingerprint density at radius 1 is 1.04 bits per heavy atom. The van der Waals surface area contributed by atoms with E-state index in [9.17, 15) is 9.59 Å². The third-order valence-corrected chi connectivity index (χ3v) is 3.67. The van der Waals surface area contributed by atoms with Gasteiger partial charge in [0.25, 0.3) is 5.91 Å². The standard InChI is InChI=1S/C19H21NO4/c1-12-7-5-8-13(2)17(12)20-18(21)14(3)24-16-10-6-9-15(11-16)19(22)23-4/h5-11,14H,1-4H3,(H,20,21)/t14-/m0/s1. The molecule has 5 heteroatoms. The lowest BCUT2D eigenvalue weighted by Gasteiger charge is -2.17. The van der Waals surface area contributed by atoms with Crippen LogP contribution in [0.1, 0.15) is 28.4 Å². The second-order valence-corrected chi connectivity index (χ2v) is 5.54. The molecule has 2 aromatic carbocycles. The summed E-state index contributed by atoms with van der Waals surface area (Å²) in [5.74, 6) is -0.272. The van der Waals surface area contributed by atoms with Gasteiger partial charge >= 0.3 is 5.97 Å². The molecule has 0 unspecified atom stereocenters. The molecule has 5 nitrogen and oxygen atoms in total. The fourth-order valence-electron chi connectivity index (χ4n) is 2.31. The highest BCUT2D eigenvalue weighted by molar-refractivity contribution is 5.95. The summed E-state index contributed by atoms with van der Waals surface area (Å²) in [5.41, 5.74) is 3.14. The highest BCUT2D eigenvalue weighted by Crippen LogP contribution is 2.21. The number of esters is 1. The lowest BCUT2D eigenvalue weighted by atomic mass is 10.1. The van der Waals surface area contributed by atoms with Gasteiger partial charge in [0.15, 0.2) is 6.10 Å². The predicted octanol–water partition coefficient (Wildman–Crippen LogP) is 3.50. The quantitative estimate of drug-likeness (QED) is 0.854. The molecule has 1 amide bonds. The summed E-state index contributed by atoms with van der Waals surface area (Å²) in [6.07, 6.45) is -0.711. The number of ether oxygens (including phenoxy) is 2. The molecule has 2 rings (SSSR count). The fraction of sp³-hybridized carbons (Fsp3) is 0.263. The first-order valence-electron chi connectivity index (χ1n) is 7.64. The summed E-state index contributed by atoms with van der Waals surface area (Å²) in [7, 11) is 1.32. The molecule has 0 bridgehead atoms. The van der Waals surface area contributed by atoms with Crippen molar-refractivity contribution < 1.29 is 19.1 Å². The van der Waals surface area contributed by atoms with Gasteiger partial charge in [0, 0.05) is 5.69 Å². The van der Waals surface area contributed by atoms with Gasteiger partial charge in [0.05, 0.1) is 12.7 Å². The molecule has 0 aliphatic rings. The molecule has 0 aromatic heterocycles. The molecule has 0 fully saturated rings. The number of benzene rings is 2. The Morgan fingerprint density at radius 2 is 1.67 bits per heavy atom. The second kappa shape index (κ2) is 7.64. The summed E-state index contributed by atoms with van der Waals surface area (Å²) in [6.45, 7) is 5.54. The zero-order valence-electron chi connectivity index (χ0n) is 14.3. The number of carbonyl (C=O) groups is 2. The maximum Gasteiger partial charge on any atom is 0.337 e. The molecule has 1 N–H and O–H groups in total. The molecule has 0 aliphatic carbocycles. The number of nitrogens with one attached hydrogen (secondary N) is 1. The van der Waals surface area contributed by atoms with Crippen molar-refractivity contribution >= 4 is 17.6 Å². The third-order valence-electron chi connectivity index (χ3n) is 3.67. The molecular formula is C19H21NO4. The van der Waals surface area contributed by atoms with Crippen LogP contribution in [0.3, 0.4) is 0 Å². The van der Waals surface area contributed by atoms with Gasteiger partial charge in [-0.1, -0.05) is 24.3 Å². The number of aryl methyl sites for hydroxylation is 2. The van der Waals surface area contributed by atoms with E-state index >= 15 is 0 Å². The van der Waals surface area contributed by atoms with Crippen molar-refractivity contribution in [1.29, 1.82) is 0 Å². The van der Waals surface area contributed by atoms with Gasteiger partial charge in [0.1, 0.15) is 5.75 Å². The number of hydrogen-bond donors (Lipinski definition) is 1. The second-order valence-electron chi connectivity index (χ2n) is 5.54. The first kappa shape index (κ1) is 17.5. The van der Waals surface area contributed by atoms with Gasteiger partial charge in [-0.3, -0.25) is 4.79 Å². The van der Waals surface area contributed by atoms with Crippen LogP contribution >= 0.6 is 0 Å². The van der Waals surface area contributed by atoms with Crippen molar-refractivity contribution in [1.82, 2.24) is 0 Å². The molecule has 0 aliphatic heterocycles. The Hall–Kier alpha value is -2.82. The monoisotopic (exact) mass is 327 g/mol. The van der Waals surface area contributed by atoms with Crippen molar-refractivity contribution in [3.05, 3.63) is 59.2 Å². The summed E-state index contributed by atoms with van der Waals surface area (Å²) in [4.78, 5) is 23.9. The minimum Gasteiger partial charge on any atom is -0.481 e. The smallest absolute Gasteiger partial charge is 0.337 e. The normalized spacial score (nSPS) is 11.5. The van der Waals surface area contributed by atoms with Gasteiger partial charge in [-0.15, -0.1) is 0 Å². The van der Waals surface area contributed by atoms with Crippen LogP contribution in [0.2, 0.25) is 0 Å². The minimum absolute atomic E-state index is 0.254. The molecule has 24 heavy (non-hydrogen) atoms. The van der Waals surface area contributed by atoms with E-state index in [0.717, 1.165) is 16.8 Å².